The molecule has 0 saturated carbocycles. The number of carbonyl (C=O) groups excluding carboxylic acids is 2. The number of ether oxygens (including phenoxy) is 1. The molecule has 3 fully saturated rings. The van der Waals surface area contributed by atoms with Crippen LogP contribution in [0.1, 0.15) is 58.3 Å². The minimum Gasteiger partial charge on any atom is -0.450 e. The Morgan fingerprint density at radius 2 is 1.64 bits per heavy atom. The van der Waals surface area contributed by atoms with Crippen molar-refractivity contribution in [3.05, 3.63) is 0 Å². The molecule has 0 aromatic rings. The first kappa shape index (κ1) is 21.4. The molecule has 0 bridgehead atoms. The Labute approximate surface area is 169 Å². The predicted molar refractivity (Wildman–Crippen MR) is 109 cm³/mol. The van der Waals surface area contributed by atoms with Crippen LogP contribution in [0.4, 0.5) is 4.79 Å². The molecule has 7 nitrogen and oxygen atoms in total. The number of piperidine rings is 2. The zero-order valence-corrected chi connectivity index (χ0v) is 17.7. The van der Waals surface area contributed by atoms with Crippen LogP contribution in [-0.4, -0.2) is 91.2 Å². The summed E-state index contributed by atoms with van der Waals surface area (Å²) in [5.74, 6) is 0.185. The zero-order valence-electron chi connectivity index (χ0n) is 17.7. The van der Waals surface area contributed by atoms with Crippen molar-refractivity contribution in [2.75, 3.05) is 46.4 Å². The van der Waals surface area contributed by atoms with Gasteiger partial charge in [0.15, 0.2) is 0 Å². The highest BCUT2D eigenvalue weighted by atomic mass is 16.6. The van der Waals surface area contributed by atoms with E-state index in [-0.39, 0.29) is 18.0 Å². The summed E-state index contributed by atoms with van der Waals surface area (Å²) >= 11 is 0. The Hall–Kier alpha value is -1.34. The molecule has 1 N–H and O–H groups in total. The van der Waals surface area contributed by atoms with Crippen molar-refractivity contribution < 1.29 is 14.3 Å². The number of amides is 2. The molecule has 0 aromatic heterocycles. The second kappa shape index (κ2) is 10.4. The maximum absolute atomic E-state index is 12.3. The van der Waals surface area contributed by atoms with Crippen LogP contribution in [0, 0.1) is 0 Å². The molecule has 28 heavy (non-hydrogen) atoms. The van der Waals surface area contributed by atoms with Crippen LogP contribution < -0.4 is 5.32 Å². The molecular weight excluding hydrogens is 356 g/mol. The highest BCUT2D eigenvalue weighted by Gasteiger charge is 2.36. The van der Waals surface area contributed by atoms with Gasteiger partial charge in [-0.25, -0.2) is 4.79 Å². The first-order chi connectivity index (χ1) is 13.6. The quantitative estimate of drug-likeness (QED) is 0.791. The maximum Gasteiger partial charge on any atom is 0.409 e. The van der Waals surface area contributed by atoms with Crippen LogP contribution in [0.2, 0.25) is 0 Å². The molecule has 3 heterocycles. The van der Waals surface area contributed by atoms with Crippen LogP contribution >= 0.6 is 0 Å². The Balaban J connectivity index is 1.49. The Kier molecular flexibility index (Phi) is 7.97. The lowest BCUT2D eigenvalue weighted by Gasteiger charge is -2.45. The molecule has 160 valence electrons. The van der Waals surface area contributed by atoms with E-state index in [0.717, 1.165) is 77.7 Å². The maximum atomic E-state index is 12.3. The van der Waals surface area contributed by atoms with Gasteiger partial charge in [0.05, 0.1) is 12.6 Å². The third kappa shape index (κ3) is 5.17. The van der Waals surface area contributed by atoms with Crippen molar-refractivity contribution in [3.8, 4) is 0 Å². The average molecular weight is 395 g/mol. The number of hydrogen-bond acceptors (Lipinski definition) is 5. The van der Waals surface area contributed by atoms with E-state index in [1.807, 2.05) is 11.8 Å². The molecule has 0 aromatic carbocycles. The van der Waals surface area contributed by atoms with E-state index in [1.165, 1.54) is 6.42 Å². The molecule has 3 saturated heterocycles. The summed E-state index contributed by atoms with van der Waals surface area (Å²) in [6, 6.07) is 1.16. The second-order valence-corrected chi connectivity index (χ2v) is 8.40. The van der Waals surface area contributed by atoms with Crippen molar-refractivity contribution in [2.24, 2.45) is 0 Å². The first-order valence-corrected chi connectivity index (χ1v) is 11.3. The van der Waals surface area contributed by atoms with Gasteiger partial charge in [0.1, 0.15) is 0 Å². The van der Waals surface area contributed by atoms with Crippen molar-refractivity contribution >= 4 is 12.0 Å². The SMILES string of the molecule is CCOC(=O)N1CCCC(N2CCC(N3CCCCC3C(=O)NC)CC2)CC1. The molecule has 2 unspecified atom stereocenters. The molecule has 3 rings (SSSR count). The number of rotatable bonds is 4. The third-order valence-corrected chi connectivity index (χ3v) is 6.80. The molecular formula is C21H38N4O3. The van der Waals surface area contributed by atoms with E-state index in [1.54, 1.807) is 7.05 Å². The minimum absolute atomic E-state index is 0.0614. The molecule has 2 amide bonds. The van der Waals surface area contributed by atoms with Crippen LogP contribution in [0.3, 0.4) is 0 Å². The van der Waals surface area contributed by atoms with Crippen LogP contribution in [0.5, 0.6) is 0 Å². The topological polar surface area (TPSA) is 65.1 Å². The molecule has 2 atom stereocenters. The van der Waals surface area contributed by atoms with Gasteiger partial charge in [0.25, 0.3) is 0 Å². The third-order valence-electron chi connectivity index (χ3n) is 6.80. The first-order valence-electron chi connectivity index (χ1n) is 11.3. The van der Waals surface area contributed by atoms with Crippen molar-refractivity contribution in [1.29, 1.82) is 0 Å². The highest BCUT2D eigenvalue weighted by Crippen LogP contribution is 2.28. The Morgan fingerprint density at radius 1 is 0.893 bits per heavy atom. The lowest BCUT2D eigenvalue weighted by molar-refractivity contribution is -0.129. The zero-order chi connectivity index (χ0) is 19.9. The number of nitrogens with zero attached hydrogens (tertiary/aromatic N) is 3. The average Bonchev–Trinajstić information content (AvgIpc) is 3.00. The van der Waals surface area contributed by atoms with Crippen molar-refractivity contribution in [3.63, 3.8) is 0 Å². The molecule has 0 aliphatic carbocycles. The number of likely N-dealkylation sites (tertiary alicyclic amines) is 3. The van der Waals surface area contributed by atoms with Gasteiger partial charge in [-0.2, -0.15) is 0 Å². The molecule has 3 aliphatic heterocycles. The number of carbonyl (C=O) groups is 2. The Bertz CT molecular complexity index is 522. The van der Waals surface area contributed by atoms with Gasteiger partial charge in [-0.05, 0) is 71.5 Å². The van der Waals surface area contributed by atoms with Crippen LogP contribution in [0.25, 0.3) is 0 Å². The van der Waals surface area contributed by atoms with Crippen LogP contribution in [0.15, 0.2) is 0 Å². The summed E-state index contributed by atoms with van der Waals surface area (Å²) in [4.78, 5) is 31.3. The minimum atomic E-state index is -0.160. The number of hydrogen-bond donors (Lipinski definition) is 1. The monoisotopic (exact) mass is 394 g/mol. The Morgan fingerprint density at radius 3 is 2.36 bits per heavy atom. The fraction of sp³-hybridized carbons (Fsp3) is 0.905. The fourth-order valence-electron chi connectivity index (χ4n) is 5.26. The summed E-state index contributed by atoms with van der Waals surface area (Å²) in [5, 5.41) is 2.86. The molecule has 0 spiro atoms. The van der Waals surface area contributed by atoms with E-state index in [4.69, 9.17) is 4.74 Å². The largest absolute Gasteiger partial charge is 0.450 e. The lowest BCUT2D eigenvalue weighted by atomic mass is 9.93. The number of nitrogens with one attached hydrogen (secondary N) is 1. The lowest BCUT2D eigenvalue weighted by Crippen LogP contribution is -2.56. The van der Waals surface area contributed by atoms with E-state index in [9.17, 15) is 9.59 Å². The van der Waals surface area contributed by atoms with Crippen molar-refractivity contribution in [1.82, 2.24) is 20.0 Å². The summed E-state index contributed by atoms with van der Waals surface area (Å²) < 4.78 is 5.17. The number of likely N-dealkylation sites (N-methyl/N-ethyl adjacent to an activating group) is 1. The summed E-state index contributed by atoms with van der Waals surface area (Å²) in [5.41, 5.74) is 0. The summed E-state index contributed by atoms with van der Waals surface area (Å²) in [7, 11) is 1.75. The van der Waals surface area contributed by atoms with Gasteiger partial charge in [-0.15, -0.1) is 0 Å². The van der Waals surface area contributed by atoms with Gasteiger partial charge in [0, 0.05) is 32.2 Å². The fourth-order valence-corrected chi connectivity index (χ4v) is 5.26. The smallest absolute Gasteiger partial charge is 0.409 e. The van der Waals surface area contributed by atoms with Gasteiger partial charge in [-0.1, -0.05) is 6.42 Å². The predicted octanol–water partition coefficient (Wildman–Crippen LogP) is 2.06. The van der Waals surface area contributed by atoms with Crippen molar-refractivity contribution in [2.45, 2.75) is 76.4 Å². The van der Waals surface area contributed by atoms with Gasteiger partial charge >= 0.3 is 6.09 Å². The summed E-state index contributed by atoms with van der Waals surface area (Å²) in [6.45, 7) is 7.18. The molecule has 3 aliphatic rings. The van der Waals surface area contributed by atoms with E-state index >= 15 is 0 Å². The van der Waals surface area contributed by atoms with E-state index < -0.39 is 0 Å². The molecule has 0 radical (unpaired) electrons. The normalized spacial score (nSPS) is 28.6. The van der Waals surface area contributed by atoms with Gasteiger partial charge in [0.2, 0.25) is 5.91 Å². The molecule has 7 heteroatoms. The van der Waals surface area contributed by atoms with Crippen LogP contribution in [-0.2, 0) is 9.53 Å². The second-order valence-electron chi connectivity index (χ2n) is 8.40. The van der Waals surface area contributed by atoms with E-state index in [2.05, 4.69) is 15.1 Å². The summed E-state index contributed by atoms with van der Waals surface area (Å²) in [6.07, 6.45) is 8.73. The standard InChI is InChI=1S/C21H38N4O3/c1-3-28-21(27)24-12-6-7-17(9-16-24)23-14-10-18(11-15-23)25-13-5-4-8-19(25)20(26)22-2/h17-19H,3-16H2,1-2H3,(H,22,26). The van der Waals surface area contributed by atoms with Gasteiger partial charge < -0.3 is 19.9 Å². The van der Waals surface area contributed by atoms with Gasteiger partial charge in [-0.3, -0.25) is 9.69 Å². The van der Waals surface area contributed by atoms with E-state index in [0.29, 0.717) is 18.7 Å². The highest BCUT2D eigenvalue weighted by molar-refractivity contribution is 5.81.